The fraction of sp³-hybridized carbons (Fsp3) is 0.222. The molecule has 0 nitrogen and oxygen atoms in total. The van der Waals surface area contributed by atoms with Gasteiger partial charge in [0.2, 0.25) is 0 Å². The first kappa shape index (κ1) is 12.6. The lowest BCUT2D eigenvalue weighted by atomic mass is 9.99. The van der Waals surface area contributed by atoms with E-state index < -0.39 is 0 Å². The van der Waals surface area contributed by atoms with E-state index in [4.69, 9.17) is 0 Å². The summed E-state index contributed by atoms with van der Waals surface area (Å²) < 4.78 is 0. The van der Waals surface area contributed by atoms with Crippen LogP contribution in [0.3, 0.4) is 0 Å². The van der Waals surface area contributed by atoms with Gasteiger partial charge in [-0.3, -0.25) is 0 Å². The van der Waals surface area contributed by atoms with Crippen LogP contribution in [0.25, 0.3) is 5.57 Å². The third kappa shape index (κ3) is 3.33. The van der Waals surface area contributed by atoms with Crippen LogP contribution in [0.2, 0.25) is 0 Å². The van der Waals surface area contributed by atoms with Crippen molar-refractivity contribution in [2.45, 2.75) is 26.7 Å². The fourth-order valence-electron chi connectivity index (χ4n) is 1.98. The first-order valence-corrected chi connectivity index (χ1v) is 6.45. The molecule has 0 amide bonds. The van der Waals surface area contributed by atoms with Crippen LogP contribution in [-0.2, 0) is 6.42 Å². The van der Waals surface area contributed by atoms with Crippen LogP contribution in [0.4, 0.5) is 0 Å². The van der Waals surface area contributed by atoms with Gasteiger partial charge in [0.1, 0.15) is 0 Å². The van der Waals surface area contributed by atoms with Gasteiger partial charge in [-0.15, -0.1) is 0 Å². The van der Waals surface area contributed by atoms with Gasteiger partial charge in [0.15, 0.2) is 0 Å². The van der Waals surface area contributed by atoms with Crippen molar-refractivity contribution in [3.63, 3.8) is 0 Å². The van der Waals surface area contributed by atoms with Gasteiger partial charge in [0.25, 0.3) is 0 Å². The fourth-order valence-corrected chi connectivity index (χ4v) is 1.98. The van der Waals surface area contributed by atoms with Gasteiger partial charge in [0, 0.05) is 0 Å². The monoisotopic (exact) mass is 236 g/mol. The highest BCUT2D eigenvalue weighted by molar-refractivity contribution is 5.63. The Hall–Kier alpha value is -1.82. The molecule has 0 radical (unpaired) electrons. The molecule has 18 heavy (non-hydrogen) atoms. The molecule has 0 aliphatic heterocycles. The Morgan fingerprint density at radius 3 is 1.89 bits per heavy atom. The lowest BCUT2D eigenvalue weighted by molar-refractivity contribution is 1.02. The Balaban J connectivity index is 1.96. The van der Waals surface area contributed by atoms with Crippen molar-refractivity contribution < 1.29 is 0 Å². The maximum atomic E-state index is 4.19. The van der Waals surface area contributed by atoms with Crippen LogP contribution in [0.15, 0.2) is 55.1 Å². The van der Waals surface area contributed by atoms with Gasteiger partial charge >= 0.3 is 0 Å². The summed E-state index contributed by atoms with van der Waals surface area (Å²) in [5.41, 5.74) is 6.47. The lowest BCUT2D eigenvalue weighted by Gasteiger charge is -2.07. The maximum Gasteiger partial charge on any atom is -0.0230 e. The SMILES string of the molecule is C=C(CCc1ccc(C)cc1)c1ccc(C)cc1. The normalized spacial score (nSPS) is 10.3. The minimum atomic E-state index is 1.02. The van der Waals surface area contributed by atoms with E-state index in [0.29, 0.717) is 0 Å². The summed E-state index contributed by atoms with van der Waals surface area (Å²) in [5.74, 6) is 0. The van der Waals surface area contributed by atoms with Crippen LogP contribution in [0, 0.1) is 13.8 Å². The van der Waals surface area contributed by atoms with E-state index in [-0.39, 0.29) is 0 Å². The quantitative estimate of drug-likeness (QED) is 0.704. The number of hydrogen-bond acceptors (Lipinski definition) is 0. The summed E-state index contributed by atoms with van der Waals surface area (Å²) >= 11 is 0. The number of hydrogen-bond donors (Lipinski definition) is 0. The van der Waals surface area contributed by atoms with E-state index in [0.717, 1.165) is 12.8 Å². The summed E-state index contributed by atoms with van der Waals surface area (Å²) in [7, 11) is 0. The van der Waals surface area contributed by atoms with Crippen molar-refractivity contribution in [1.29, 1.82) is 0 Å². The molecule has 0 atom stereocenters. The Bertz CT molecular complexity index is 515. The van der Waals surface area contributed by atoms with Crippen LogP contribution in [-0.4, -0.2) is 0 Å². The van der Waals surface area contributed by atoms with E-state index in [9.17, 15) is 0 Å². The van der Waals surface area contributed by atoms with Crippen molar-refractivity contribution in [3.8, 4) is 0 Å². The van der Waals surface area contributed by atoms with Crippen molar-refractivity contribution >= 4 is 5.57 Å². The van der Waals surface area contributed by atoms with Crippen LogP contribution in [0.5, 0.6) is 0 Å². The third-order valence-corrected chi connectivity index (χ3v) is 3.30. The topological polar surface area (TPSA) is 0 Å². The molecule has 0 aliphatic rings. The molecule has 0 spiro atoms. The molecular formula is C18H20. The molecule has 0 fully saturated rings. The Kier molecular flexibility index (Phi) is 3.99. The zero-order chi connectivity index (χ0) is 13.0. The van der Waals surface area contributed by atoms with Crippen LogP contribution >= 0.6 is 0 Å². The molecule has 0 saturated carbocycles. The molecule has 0 saturated heterocycles. The number of allylic oxidation sites excluding steroid dienone is 1. The molecule has 2 aromatic carbocycles. The van der Waals surface area contributed by atoms with Crippen LogP contribution in [0.1, 0.15) is 28.7 Å². The number of aryl methyl sites for hydroxylation is 3. The van der Waals surface area contributed by atoms with Gasteiger partial charge in [-0.25, -0.2) is 0 Å². The van der Waals surface area contributed by atoms with E-state index in [1.165, 1.54) is 27.8 Å². The summed E-state index contributed by atoms with van der Waals surface area (Å²) in [5, 5.41) is 0. The predicted molar refractivity (Wildman–Crippen MR) is 79.7 cm³/mol. The highest BCUT2D eigenvalue weighted by Crippen LogP contribution is 2.19. The molecule has 2 rings (SSSR count). The predicted octanol–water partition coefficient (Wildman–Crippen LogP) is 4.95. The smallest absolute Gasteiger partial charge is 0.0230 e. The van der Waals surface area contributed by atoms with Crippen molar-refractivity contribution in [1.82, 2.24) is 0 Å². The largest absolute Gasteiger partial charge is 0.0952 e. The highest BCUT2D eigenvalue weighted by Gasteiger charge is 2.00. The molecule has 92 valence electrons. The lowest BCUT2D eigenvalue weighted by Crippen LogP contribution is -1.89. The molecule has 0 aromatic heterocycles. The van der Waals surface area contributed by atoms with Crippen molar-refractivity contribution in [3.05, 3.63) is 77.4 Å². The second-order valence-electron chi connectivity index (χ2n) is 4.96. The van der Waals surface area contributed by atoms with Crippen LogP contribution < -0.4 is 0 Å². The molecule has 0 heterocycles. The average Bonchev–Trinajstić information content (AvgIpc) is 2.38. The first-order valence-electron chi connectivity index (χ1n) is 6.45. The molecule has 0 aliphatic carbocycles. The van der Waals surface area contributed by atoms with Gasteiger partial charge < -0.3 is 0 Å². The van der Waals surface area contributed by atoms with E-state index in [1.807, 2.05) is 0 Å². The zero-order valence-electron chi connectivity index (χ0n) is 11.2. The van der Waals surface area contributed by atoms with E-state index in [1.54, 1.807) is 0 Å². The molecular weight excluding hydrogens is 216 g/mol. The van der Waals surface area contributed by atoms with Crippen molar-refractivity contribution in [2.24, 2.45) is 0 Å². The zero-order valence-corrected chi connectivity index (χ0v) is 11.2. The number of rotatable bonds is 4. The molecule has 0 N–H and O–H groups in total. The highest BCUT2D eigenvalue weighted by atomic mass is 14.0. The first-order chi connectivity index (χ1) is 8.65. The Morgan fingerprint density at radius 2 is 1.33 bits per heavy atom. The Labute approximate surface area is 110 Å². The summed E-state index contributed by atoms with van der Waals surface area (Å²) in [6.07, 6.45) is 2.08. The maximum absolute atomic E-state index is 4.19. The molecule has 0 unspecified atom stereocenters. The molecule has 0 heteroatoms. The van der Waals surface area contributed by atoms with E-state index in [2.05, 4.69) is 69.0 Å². The summed E-state index contributed by atoms with van der Waals surface area (Å²) in [6.45, 7) is 8.42. The standard InChI is InChI=1S/C18H20/c1-14-4-9-17(10-5-14)11-8-16(3)18-12-6-15(2)7-13-18/h4-7,9-10,12-13H,3,8,11H2,1-2H3. The number of benzene rings is 2. The van der Waals surface area contributed by atoms with E-state index >= 15 is 0 Å². The van der Waals surface area contributed by atoms with Gasteiger partial charge in [0.05, 0.1) is 0 Å². The second kappa shape index (κ2) is 5.68. The van der Waals surface area contributed by atoms with Crippen molar-refractivity contribution in [2.75, 3.05) is 0 Å². The summed E-state index contributed by atoms with van der Waals surface area (Å²) in [4.78, 5) is 0. The molecule has 2 aromatic rings. The van der Waals surface area contributed by atoms with Gasteiger partial charge in [-0.2, -0.15) is 0 Å². The average molecular weight is 236 g/mol. The minimum Gasteiger partial charge on any atom is -0.0952 e. The summed E-state index contributed by atoms with van der Waals surface area (Å²) in [6, 6.07) is 17.4. The third-order valence-electron chi connectivity index (χ3n) is 3.30. The Morgan fingerprint density at radius 1 is 0.833 bits per heavy atom. The molecule has 0 bridgehead atoms. The van der Waals surface area contributed by atoms with Gasteiger partial charge in [-0.05, 0) is 43.4 Å². The second-order valence-corrected chi connectivity index (χ2v) is 4.96. The van der Waals surface area contributed by atoms with Gasteiger partial charge in [-0.1, -0.05) is 66.2 Å². The minimum absolute atomic E-state index is 1.02.